The van der Waals surface area contributed by atoms with Gasteiger partial charge in [0.15, 0.2) is 0 Å². The summed E-state index contributed by atoms with van der Waals surface area (Å²) in [4.78, 5) is 0. The molecule has 0 aliphatic carbocycles. The van der Waals surface area contributed by atoms with Crippen LogP contribution in [0, 0.1) is 5.82 Å². The van der Waals surface area contributed by atoms with Crippen LogP contribution in [0.2, 0.25) is 0 Å². The number of nitrogens with one attached hydrogen (secondary N) is 2. The van der Waals surface area contributed by atoms with E-state index in [-0.39, 0.29) is 11.2 Å². The maximum Gasteiger partial charge on any atom is 0.123 e. The molecule has 0 bridgehead atoms. The standard InChI is InChI=1S/C15H20FN3/c1-15(2,3)14-12(10-18-19-14)9-17-8-11-5-4-6-13(16)7-11/h4-7,10,17H,8-9H2,1-3H3,(H,18,19). The van der Waals surface area contributed by atoms with Gasteiger partial charge in [-0.1, -0.05) is 32.9 Å². The van der Waals surface area contributed by atoms with Gasteiger partial charge in [0.2, 0.25) is 0 Å². The van der Waals surface area contributed by atoms with Gasteiger partial charge in [-0.3, -0.25) is 5.10 Å². The number of halogens is 1. The molecule has 0 aliphatic heterocycles. The largest absolute Gasteiger partial charge is 0.308 e. The molecule has 0 atom stereocenters. The van der Waals surface area contributed by atoms with E-state index in [1.54, 1.807) is 12.1 Å². The van der Waals surface area contributed by atoms with Gasteiger partial charge in [-0.2, -0.15) is 5.10 Å². The molecule has 1 aromatic carbocycles. The minimum absolute atomic E-state index is 0.0480. The fraction of sp³-hybridized carbons (Fsp3) is 0.400. The van der Waals surface area contributed by atoms with Crippen molar-refractivity contribution < 1.29 is 4.39 Å². The van der Waals surface area contributed by atoms with Gasteiger partial charge >= 0.3 is 0 Å². The van der Waals surface area contributed by atoms with Crippen molar-refractivity contribution in [1.29, 1.82) is 0 Å². The number of rotatable bonds is 4. The molecular weight excluding hydrogens is 241 g/mol. The van der Waals surface area contributed by atoms with Crippen molar-refractivity contribution in [2.45, 2.75) is 39.3 Å². The van der Waals surface area contributed by atoms with Crippen molar-refractivity contribution in [2.24, 2.45) is 0 Å². The predicted octanol–water partition coefficient (Wildman–Crippen LogP) is 3.14. The van der Waals surface area contributed by atoms with E-state index in [4.69, 9.17) is 0 Å². The topological polar surface area (TPSA) is 40.7 Å². The summed E-state index contributed by atoms with van der Waals surface area (Å²) in [5, 5.41) is 10.5. The zero-order valence-corrected chi connectivity index (χ0v) is 11.6. The zero-order chi connectivity index (χ0) is 13.9. The second-order valence-electron chi connectivity index (χ2n) is 5.75. The molecule has 2 rings (SSSR count). The predicted molar refractivity (Wildman–Crippen MR) is 74.2 cm³/mol. The van der Waals surface area contributed by atoms with E-state index in [9.17, 15) is 4.39 Å². The van der Waals surface area contributed by atoms with Crippen LogP contribution in [0.25, 0.3) is 0 Å². The van der Waals surface area contributed by atoms with Crippen LogP contribution in [0.4, 0.5) is 4.39 Å². The summed E-state index contributed by atoms with van der Waals surface area (Å²) in [5.74, 6) is -0.196. The van der Waals surface area contributed by atoms with Crippen molar-refractivity contribution in [1.82, 2.24) is 15.5 Å². The Bertz CT molecular complexity index is 540. The highest BCUT2D eigenvalue weighted by molar-refractivity contribution is 5.23. The van der Waals surface area contributed by atoms with Gasteiger partial charge in [-0.05, 0) is 17.7 Å². The van der Waals surface area contributed by atoms with Crippen LogP contribution in [0.3, 0.4) is 0 Å². The minimum atomic E-state index is -0.196. The van der Waals surface area contributed by atoms with Crippen LogP contribution in [0.5, 0.6) is 0 Å². The molecule has 4 heteroatoms. The van der Waals surface area contributed by atoms with Crippen LogP contribution in [-0.4, -0.2) is 10.2 Å². The molecule has 0 saturated heterocycles. The van der Waals surface area contributed by atoms with Crippen LogP contribution >= 0.6 is 0 Å². The molecule has 1 heterocycles. The molecule has 1 aromatic heterocycles. The van der Waals surface area contributed by atoms with Gasteiger partial charge in [0, 0.05) is 29.8 Å². The maximum atomic E-state index is 13.0. The van der Waals surface area contributed by atoms with E-state index < -0.39 is 0 Å². The van der Waals surface area contributed by atoms with Crippen molar-refractivity contribution in [3.05, 3.63) is 53.1 Å². The first-order chi connectivity index (χ1) is 8.97. The fourth-order valence-corrected chi connectivity index (χ4v) is 2.08. The summed E-state index contributed by atoms with van der Waals surface area (Å²) in [6, 6.07) is 6.64. The third-order valence-corrected chi connectivity index (χ3v) is 3.00. The first-order valence-corrected chi connectivity index (χ1v) is 6.45. The maximum absolute atomic E-state index is 13.0. The summed E-state index contributed by atoms with van der Waals surface area (Å²) in [6.45, 7) is 7.82. The summed E-state index contributed by atoms with van der Waals surface area (Å²) < 4.78 is 13.0. The number of hydrogen-bond donors (Lipinski definition) is 2. The number of hydrogen-bond acceptors (Lipinski definition) is 2. The van der Waals surface area contributed by atoms with E-state index in [1.165, 1.54) is 6.07 Å². The van der Waals surface area contributed by atoms with E-state index in [0.717, 1.165) is 23.4 Å². The lowest BCUT2D eigenvalue weighted by atomic mass is 9.89. The van der Waals surface area contributed by atoms with Crippen molar-refractivity contribution in [2.75, 3.05) is 0 Å². The first kappa shape index (κ1) is 13.7. The van der Waals surface area contributed by atoms with Gasteiger partial charge in [0.1, 0.15) is 5.82 Å². The molecule has 19 heavy (non-hydrogen) atoms. The SMILES string of the molecule is CC(C)(C)c1[nH]ncc1CNCc1cccc(F)c1. The van der Waals surface area contributed by atoms with Gasteiger partial charge in [0.25, 0.3) is 0 Å². The molecule has 102 valence electrons. The Hall–Kier alpha value is -1.68. The fourth-order valence-electron chi connectivity index (χ4n) is 2.08. The summed E-state index contributed by atoms with van der Waals surface area (Å²) in [6.07, 6.45) is 1.85. The van der Waals surface area contributed by atoms with E-state index in [2.05, 4.69) is 36.3 Å². The van der Waals surface area contributed by atoms with Crippen LogP contribution in [0.15, 0.2) is 30.5 Å². The Morgan fingerprint density at radius 1 is 1.26 bits per heavy atom. The normalized spacial score (nSPS) is 11.8. The molecule has 0 amide bonds. The third-order valence-electron chi connectivity index (χ3n) is 3.00. The Morgan fingerprint density at radius 2 is 2.05 bits per heavy atom. The van der Waals surface area contributed by atoms with Crippen molar-refractivity contribution >= 4 is 0 Å². The highest BCUT2D eigenvalue weighted by Gasteiger charge is 2.19. The molecule has 0 radical (unpaired) electrons. The molecule has 0 saturated carbocycles. The average molecular weight is 261 g/mol. The Morgan fingerprint density at radius 3 is 2.74 bits per heavy atom. The number of H-pyrrole nitrogens is 1. The lowest BCUT2D eigenvalue weighted by Gasteiger charge is -2.18. The quantitative estimate of drug-likeness (QED) is 0.887. The average Bonchev–Trinajstić information content (AvgIpc) is 2.77. The van der Waals surface area contributed by atoms with Crippen LogP contribution in [0.1, 0.15) is 37.6 Å². The molecule has 2 N–H and O–H groups in total. The second-order valence-corrected chi connectivity index (χ2v) is 5.75. The number of nitrogens with zero attached hydrogens (tertiary/aromatic N) is 1. The van der Waals surface area contributed by atoms with Crippen molar-refractivity contribution in [3.8, 4) is 0 Å². The molecule has 3 nitrogen and oxygen atoms in total. The first-order valence-electron chi connectivity index (χ1n) is 6.45. The molecule has 0 unspecified atom stereocenters. The smallest absolute Gasteiger partial charge is 0.123 e. The third kappa shape index (κ3) is 3.64. The van der Waals surface area contributed by atoms with E-state index in [1.807, 2.05) is 12.3 Å². The number of aromatic amines is 1. The minimum Gasteiger partial charge on any atom is -0.308 e. The molecule has 0 fully saturated rings. The molecule has 0 aliphatic rings. The lowest BCUT2D eigenvalue weighted by Crippen LogP contribution is -2.19. The summed E-state index contributed by atoms with van der Waals surface area (Å²) in [7, 11) is 0. The van der Waals surface area contributed by atoms with E-state index >= 15 is 0 Å². The Balaban J connectivity index is 1.95. The van der Waals surface area contributed by atoms with Gasteiger partial charge in [-0.25, -0.2) is 4.39 Å². The van der Waals surface area contributed by atoms with Crippen molar-refractivity contribution in [3.63, 3.8) is 0 Å². The van der Waals surface area contributed by atoms with E-state index in [0.29, 0.717) is 6.54 Å². The molecule has 2 aromatic rings. The lowest BCUT2D eigenvalue weighted by molar-refractivity contribution is 0.553. The zero-order valence-electron chi connectivity index (χ0n) is 11.6. The van der Waals surface area contributed by atoms with Gasteiger partial charge in [0.05, 0.1) is 6.20 Å². The van der Waals surface area contributed by atoms with Crippen LogP contribution < -0.4 is 5.32 Å². The monoisotopic (exact) mass is 261 g/mol. The number of benzene rings is 1. The molecule has 0 spiro atoms. The Labute approximate surface area is 113 Å². The second kappa shape index (κ2) is 5.53. The summed E-state index contributed by atoms with van der Waals surface area (Å²) >= 11 is 0. The number of aromatic nitrogens is 2. The highest BCUT2D eigenvalue weighted by atomic mass is 19.1. The Kier molecular flexibility index (Phi) is 4.00. The molecular formula is C15H20FN3. The van der Waals surface area contributed by atoms with Gasteiger partial charge in [-0.15, -0.1) is 0 Å². The van der Waals surface area contributed by atoms with Crippen LogP contribution in [-0.2, 0) is 18.5 Å². The van der Waals surface area contributed by atoms with Gasteiger partial charge < -0.3 is 5.32 Å². The highest BCUT2D eigenvalue weighted by Crippen LogP contribution is 2.23. The summed E-state index contributed by atoms with van der Waals surface area (Å²) in [5.41, 5.74) is 3.29.